The fraction of sp³-hybridized carbons (Fsp3) is 0.281. The molecule has 0 aliphatic carbocycles. The van der Waals surface area contributed by atoms with E-state index in [1.165, 1.54) is 0 Å². The zero-order valence-corrected chi connectivity index (χ0v) is 25.6. The van der Waals surface area contributed by atoms with Crippen molar-refractivity contribution in [3.8, 4) is 5.75 Å². The number of carbonyl (C=O) groups is 3. The van der Waals surface area contributed by atoms with E-state index in [1.807, 2.05) is 43.3 Å². The van der Waals surface area contributed by atoms with Crippen LogP contribution in [0.1, 0.15) is 38.8 Å². The molecular formula is C32H34ClNO6Si. The number of Topliss-reactive ketones (excluding diaryl/α,β-unsaturated/α-hetero) is 1. The molecule has 7 nitrogen and oxygen atoms in total. The van der Waals surface area contributed by atoms with E-state index in [1.54, 1.807) is 42.0 Å². The first-order valence-corrected chi connectivity index (χ1v) is 17.4. The first kappa shape index (κ1) is 30.1. The predicted molar refractivity (Wildman–Crippen MR) is 163 cm³/mol. The Morgan fingerprint density at radius 2 is 1.61 bits per heavy atom. The largest absolute Gasteiger partial charge is 0.506 e. The van der Waals surface area contributed by atoms with E-state index in [-0.39, 0.29) is 24.5 Å². The molecule has 0 aliphatic heterocycles. The third kappa shape index (κ3) is 7.26. The molecule has 1 aromatic heterocycles. The van der Waals surface area contributed by atoms with E-state index in [4.69, 9.17) is 21.1 Å². The van der Waals surface area contributed by atoms with Crippen LogP contribution in [0, 0.1) is 6.92 Å². The Kier molecular flexibility index (Phi) is 9.04. The van der Waals surface area contributed by atoms with Crippen molar-refractivity contribution in [2.24, 2.45) is 0 Å². The van der Waals surface area contributed by atoms with Crippen molar-refractivity contribution in [3.63, 3.8) is 0 Å². The fourth-order valence-corrected chi connectivity index (χ4v) is 6.60. The molecule has 3 aromatic carbocycles. The van der Waals surface area contributed by atoms with Crippen molar-refractivity contribution < 1.29 is 29.0 Å². The minimum atomic E-state index is -1.60. The molecule has 0 bridgehead atoms. The zero-order valence-electron chi connectivity index (χ0n) is 23.9. The highest BCUT2D eigenvalue weighted by Gasteiger charge is 2.26. The molecule has 0 saturated carbocycles. The van der Waals surface area contributed by atoms with Crippen molar-refractivity contribution in [1.82, 2.24) is 4.57 Å². The molecule has 0 fully saturated rings. The molecule has 4 aromatic rings. The standard InChI is InChI=1S/C32H34ClNO6Si/c1-20-27(17-25(35)16-21-6-8-22(9-7-21)30(40-32(37)38)19-41(3,4)5)28-18-26(39-2)14-15-29(28)34(20)31(36)23-10-12-24(33)13-11-23/h6-15,18,30H,16-17,19H2,1-5H3,(H,37,38). The summed E-state index contributed by atoms with van der Waals surface area (Å²) in [7, 11) is -0.0241. The van der Waals surface area contributed by atoms with Gasteiger partial charge in [0.2, 0.25) is 0 Å². The monoisotopic (exact) mass is 591 g/mol. The van der Waals surface area contributed by atoms with Crippen molar-refractivity contribution in [3.05, 3.63) is 99.7 Å². The number of methoxy groups -OCH3 is 1. The van der Waals surface area contributed by atoms with Crippen molar-refractivity contribution in [1.29, 1.82) is 0 Å². The number of hydrogen-bond donors (Lipinski definition) is 1. The average Bonchev–Trinajstić information content (AvgIpc) is 3.17. The van der Waals surface area contributed by atoms with Gasteiger partial charge < -0.3 is 14.6 Å². The second kappa shape index (κ2) is 12.3. The lowest BCUT2D eigenvalue weighted by Crippen LogP contribution is -2.25. The molecule has 0 radical (unpaired) electrons. The van der Waals surface area contributed by atoms with Crippen LogP contribution in [-0.4, -0.2) is 42.7 Å². The molecule has 4 rings (SSSR count). The molecule has 1 heterocycles. The van der Waals surface area contributed by atoms with Gasteiger partial charge in [-0.15, -0.1) is 0 Å². The topological polar surface area (TPSA) is 94.8 Å². The van der Waals surface area contributed by atoms with Crippen LogP contribution < -0.4 is 4.74 Å². The van der Waals surface area contributed by atoms with Crippen LogP contribution in [0.15, 0.2) is 66.7 Å². The van der Waals surface area contributed by atoms with E-state index in [0.717, 1.165) is 22.1 Å². The molecule has 9 heteroatoms. The Balaban J connectivity index is 1.60. The molecule has 0 spiro atoms. The highest BCUT2D eigenvalue weighted by atomic mass is 35.5. The van der Waals surface area contributed by atoms with Crippen LogP contribution in [0.5, 0.6) is 5.75 Å². The van der Waals surface area contributed by atoms with Gasteiger partial charge in [-0.05, 0) is 72.1 Å². The maximum atomic E-state index is 13.5. The van der Waals surface area contributed by atoms with E-state index < -0.39 is 20.3 Å². The highest BCUT2D eigenvalue weighted by Crippen LogP contribution is 2.32. The van der Waals surface area contributed by atoms with Crippen molar-refractivity contribution in [2.45, 2.75) is 51.6 Å². The van der Waals surface area contributed by atoms with E-state index in [2.05, 4.69) is 19.6 Å². The lowest BCUT2D eigenvalue weighted by Gasteiger charge is -2.24. The number of nitrogens with zero attached hydrogens (tertiary/aromatic N) is 1. The van der Waals surface area contributed by atoms with Crippen LogP contribution >= 0.6 is 11.6 Å². The van der Waals surface area contributed by atoms with Gasteiger partial charge in [0.25, 0.3) is 5.91 Å². The SMILES string of the molecule is COc1ccc2c(c1)c(CC(=O)Cc1ccc(C(C[Si](C)(C)C)OC(=O)O)cc1)c(C)n2C(=O)c1ccc(Cl)cc1. The number of carboxylic acid groups (broad SMARTS) is 1. The predicted octanol–water partition coefficient (Wildman–Crippen LogP) is 7.73. The second-order valence-electron chi connectivity index (χ2n) is 11.4. The normalized spacial score (nSPS) is 12.2. The van der Waals surface area contributed by atoms with Crippen LogP contribution in [0.3, 0.4) is 0 Å². The van der Waals surface area contributed by atoms with Gasteiger partial charge in [0.05, 0.1) is 12.6 Å². The first-order chi connectivity index (χ1) is 19.4. The Morgan fingerprint density at radius 3 is 2.20 bits per heavy atom. The summed E-state index contributed by atoms with van der Waals surface area (Å²) >= 11 is 6.02. The number of hydrogen-bond acceptors (Lipinski definition) is 5. The molecule has 0 aliphatic rings. The summed E-state index contributed by atoms with van der Waals surface area (Å²) < 4.78 is 12.2. The molecule has 214 valence electrons. The molecule has 0 saturated heterocycles. The Morgan fingerprint density at radius 1 is 0.951 bits per heavy atom. The van der Waals surface area contributed by atoms with E-state index in [0.29, 0.717) is 33.6 Å². The van der Waals surface area contributed by atoms with Crippen molar-refractivity contribution >= 4 is 48.4 Å². The number of ketones is 1. The lowest BCUT2D eigenvalue weighted by atomic mass is 9.99. The summed E-state index contributed by atoms with van der Waals surface area (Å²) in [4.78, 5) is 38.1. The zero-order chi connectivity index (χ0) is 29.9. The Labute approximate surface area is 245 Å². The number of rotatable bonds is 10. The van der Waals surface area contributed by atoms with Crippen LogP contribution in [0.25, 0.3) is 10.9 Å². The fourth-order valence-electron chi connectivity index (χ4n) is 5.04. The summed E-state index contributed by atoms with van der Waals surface area (Å²) in [6.07, 6.45) is -1.50. The maximum Gasteiger partial charge on any atom is 0.506 e. The summed E-state index contributed by atoms with van der Waals surface area (Å²) in [6, 6.07) is 20.2. The van der Waals surface area contributed by atoms with Crippen molar-refractivity contribution in [2.75, 3.05) is 7.11 Å². The molecule has 1 unspecified atom stereocenters. The molecule has 1 N–H and O–H groups in total. The number of fused-ring (bicyclic) bond motifs is 1. The molecule has 0 amide bonds. The number of carbonyl (C=O) groups excluding carboxylic acids is 2. The third-order valence-corrected chi connectivity index (χ3v) is 8.85. The summed E-state index contributed by atoms with van der Waals surface area (Å²) in [5, 5.41) is 10.5. The summed E-state index contributed by atoms with van der Waals surface area (Å²) in [6.45, 7) is 8.33. The van der Waals surface area contributed by atoms with Gasteiger partial charge in [0.1, 0.15) is 17.6 Å². The molecular weight excluding hydrogens is 558 g/mol. The lowest BCUT2D eigenvalue weighted by molar-refractivity contribution is -0.117. The maximum absolute atomic E-state index is 13.5. The number of halogens is 1. The molecule has 1 atom stereocenters. The Hall–Kier alpha value is -3.88. The van der Waals surface area contributed by atoms with Gasteiger partial charge in [0.15, 0.2) is 0 Å². The van der Waals surface area contributed by atoms with E-state index in [9.17, 15) is 19.5 Å². The number of aromatic nitrogens is 1. The quantitative estimate of drug-likeness (QED) is 0.150. The summed E-state index contributed by atoms with van der Waals surface area (Å²) in [5.41, 5.74) is 4.24. The van der Waals surface area contributed by atoms with Crippen LogP contribution in [0.2, 0.25) is 30.7 Å². The van der Waals surface area contributed by atoms with E-state index >= 15 is 0 Å². The second-order valence-corrected chi connectivity index (χ2v) is 17.3. The van der Waals surface area contributed by atoms with Crippen LogP contribution in [0.4, 0.5) is 4.79 Å². The van der Waals surface area contributed by atoms with Gasteiger partial charge in [-0.2, -0.15) is 0 Å². The number of ether oxygens (including phenoxy) is 2. The highest BCUT2D eigenvalue weighted by molar-refractivity contribution is 6.76. The first-order valence-electron chi connectivity index (χ1n) is 13.3. The third-order valence-electron chi connectivity index (χ3n) is 7.00. The van der Waals surface area contributed by atoms with Crippen LogP contribution in [-0.2, 0) is 22.4 Å². The smallest absolute Gasteiger partial charge is 0.497 e. The van der Waals surface area contributed by atoms with Gasteiger partial charge >= 0.3 is 6.16 Å². The number of benzene rings is 3. The Bertz CT molecular complexity index is 1590. The molecule has 41 heavy (non-hydrogen) atoms. The average molecular weight is 592 g/mol. The van der Waals surface area contributed by atoms with Gasteiger partial charge in [-0.1, -0.05) is 55.5 Å². The van der Waals surface area contributed by atoms with Gasteiger partial charge in [-0.25, -0.2) is 4.79 Å². The summed E-state index contributed by atoms with van der Waals surface area (Å²) in [5.74, 6) is 0.413. The van der Waals surface area contributed by atoms with Gasteiger partial charge in [-0.3, -0.25) is 14.2 Å². The minimum Gasteiger partial charge on any atom is -0.497 e. The minimum absolute atomic E-state index is 0.0119. The van der Waals surface area contributed by atoms with Gasteiger partial charge in [0, 0.05) is 42.6 Å².